The highest BCUT2D eigenvalue weighted by Gasteiger charge is 2.42. The van der Waals surface area contributed by atoms with Crippen molar-refractivity contribution in [3.63, 3.8) is 0 Å². The topological polar surface area (TPSA) is 27.0 Å². The molecule has 1 aromatic carbocycles. The van der Waals surface area contributed by atoms with E-state index in [-0.39, 0.29) is 5.54 Å². The average Bonchev–Trinajstić information content (AvgIpc) is 2.47. The fourth-order valence-corrected chi connectivity index (χ4v) is 4.35. The summed E-state index contributed by atoms with van der Waals surface area (Å²) in [6.45, 7) is 2.15. The van der Waals surface area contributed by atoms with Gasteiger partial charge in [0.05, 0.1) is 6.07 Å². The molecular formula is C15H18N2S. The maximum absolute atomic E-state index is 9.84. The minimum absolute atomic E-state index is 0.359. The lowest BCUT2D eigenvalue weighted by Gasteiger charge is -2.44. The van der Waals surface area contributed by atoms with E-state index in [9.17, 15) is 5.26 Å². The van der Waals surface area contributed by atoms with E-state index in [2.05, 4.69) is 35.2 Å². The Morgan fingerprint density at radius 1 is 1.17 bits per heavy atom. The van der Waals surface area contributed by atoms with Gasteiger partial charge >= 0.3 is 0 Å². The van der Waals surface area contributed by atoms with E-state index in [0.717, 1.165) is 25.3 Å². The molecule has 0 spiro atoms. The number of piperidine rings is 1. The molecule has 0 bridgehead atoms. The Morgan fingerprint density at radius 3 is 2.72 bits per heavy atom. The van der Waals surface area contributed by atoms with Crippen LogP contribution < -0.4 is 0 Å². The maximum atomic E-state index is 9.84. The zero-order chi connectivity index (χ0) is 12.4. The van der Waals surface area contributed by atoms with Crippen molar-refractivity contribution in [3.8, 4) is 6.07 Å². The van der Waals surface area contributed by atoms with Crippen molar-refractivity contribution in [2.45, 2.75) is 36.1 Å². The van der Waals surface area contributed by atoms with Crippen molar-refractivity contribution in [2.24, 2.45) is 0 Å². The summed E-state index contributed by atoms with van der Waals surface area (Å²) in [6.07, 6.45) is 4.75. The van der Waals surface area contributed by atoms with E-state index in [4.69, 9.17) is 0 Å². The van der Waals surface area contributed by atoms with Gasteiger partial charge in [0.1, 0.15) is 5.54 Å². The summed E-state index contributed by atoms with van der Waals surface area (Å²) in [5.74, 6) is 1.06. The molecule has 0 aliphatic carbocycles. The van der Waals surface area contributed by atoms with Crippen molar-refractivity contribution in [1.29, 1.82) is 5.26 Å². The minimum atomic E-state index is -0.359. The van der Waals surface area contributed by atoms with Crippen LogP contribution in [0.5, 0.6) is 0 Å². The first-order valence-electron chi connectivity index (χ1n) is 6.75. The third-order valence-corrected chi connectivity index (χ3v) is 5.21. The molecule has 1 saturated heterocycles. The molecule has 2 aliphatic rings. The number of hydrogen-bond donors (Lipinski definition) is 0. The van der Waals surface area contributed by atoms with Crippen LogP contribution in [0.1, 0.15) is 31.2 Å². The van der Waals surface area contributed by atoms with Crippen molar-refractivity contribution in [2.75, 3.05) is 18.8 Å². The highest BCUT2D eigenvalue weighted by molar-refractivity contribution is 7.99. The fourth-order valence-electron chi connectivity index (χ4n) is 3.17. The van der Waals surface area contributed by atoms with E-state index in [1.54, 1.807) is 0 Å². The van der Waals surface area contributed by atoms with Crippen molar-refractivity contribution in [3.05, 3.63) is 29.8 Å². The zero-order valence-electron chi connectivity index (χ0n) is 10.6. The van der Waals surface area contributed by atoms with Crippen LogP contribution in [0.25, 0.3) is 0 Å². The van der Waals surface area contributed by atoms with Gasteiger partial charge < -0.3 is 0 Å². The first-order valence-corrected chi connectivity index (χ1v) is 7.74. The highest BCUT2D eigenvalue weighted by Crippen LogP contribution is 2.44. The van der Waals surface area contributed by atoms with Crippen LogP contribution in [0.4, 0.5) is 0 Å². The molecule has 2 heterocycles. The van der Waals surface area contributed by atoms with E-state index in [0.29, 0.717) is 0 Å². The van der Waals surface area contributed by atoms with Crippen LogP contribution in [0.15, 0.2) is 29.2 Å². The maximum Gasteiger partial charge on any atom is 0.136 e. The van der Waals surface area contributed by atoms with Crippen LogP contribution in [0.2, 0.25) is 0 Å². The molecule has 2 nitrogen and oxygen atoms in total. The monoisotopic (exact) mass is 258 g/mol. The Balaban J connectivity index is 2.04. The smallest absolute Gasteiger partial charge is 0.136 e. The van der Waals surface area contributed by atoms with Gasteiger partial charge in [-0.3, -0.25) is 4.90 Å². The van der Waals surface area contributed by atoms with Crippen molar-refractivity contribution < 1.29 is 0 Å². The fraction of sp³-hybridized carbons (Fsp3) is 0.533. The minimum Gasteiger partial charge on any atom is -0.282 e. The van der Waals surface area contributed by atoms with Gasteiger partial charge in [-0.25, -0.2) is 0 Å². The lowest BCUT2D eigenvalue weighted by molar-refractivity contribution is 0.103. The van der Waals surface area contributed by atoms with Crippen molar-refractivity contribution >= 4 is 11.8 Å². The number of nitrogens with zero attached hydrogens (tertiary/aromatic N) is 2. The summed E-state index contributed by atoms with van der Waals surface area (Å²) in [4.78, 5) is 3.73. The molecule has 1 aromatic rings. The molecule has 94 valence electrons. The second-order valence-electron chi connectivity index (χ2n) is 5.11. The number of rotatable bonds is 1. The Morgan fingerprint density at radius 2 is 1.94 bits per heavy atom. The van der Waals surface area contributed by atoms with Crippen molar-refractivity contribution in [1.82, 2.24) is 4.90 Å². The first kappa shape index (κ1) is 12.1. The Bertz CT molecular complexity index is 474. The third-order valence-electron chi connectivity index (χ3n) is 4.13. The number of hydrogen-bond acceptors (Lipinski definition) is 3. The average molecular weight is 258 g/mol. The van der Waals surface area contributed by atoms with E-state index in [1.807, 2.05) is 11.8 Å². The number of benzene rings is 1. The lowest BCUT2D eigenvalue weighted by Crippen LogP contribution is -2.49. The highest BCUT2D eigenvalue weighted by atomic mass is 32.2. The summed E-state index contributed by atoms with van der Waals surface area (Å²) in [6, 6.07) is 11.1. The van der Waals surface area contributed by atoms with Gasteiger partial charge in [-0.2, -0.15) is 5.26 Å². The van der Waals surface area contributed by atoms with E-state index < -0.39 is 0 Å². The normalized spacial score (nSPS) is 28.4. The molecule has 3 heteroatoms. The summed E-state index contributed by atoms with van der Waals surface area (Å²) < 4.78 is 0. The Kier molecular flexibility index (Phi) is 3.32. The number of likely N-dealkylation sites (tertiary alicyclic amines) is 1. The first-order chi connectivity index (χ1) is 8.87. The van der Waals surface area contributed by atoms with Crippen LogP contribution in [0, 0.1) is 11.3 Å². The van der Waals surface area contributed by atoms with Gasteiger partial charge in [-0.05, 0) is 38.4 Å². The molecule has 0 radical (unpaired) electrons. The Labute approximate surface area is 113 Å². The largest absolute Gasteiger partial charge is 0.282 e. The van der Waals surface area contributed by atoms with Crippen LogP contribution in [-0.2, 0) is 5.54 Å². The summed E-state index contributed by atoms with van der Waals surface area (Å²) in [5.41, 5.74) is 0.882. The molecule has 1 unspecified atom stereocenters. The quantitative estimate of drug-likeness (QED) is 0.772. The van der Waals surface area contributed by atoms with E-state index >= 15 is 0 Å². The molecule has 0 saturated carbocycles. The van der Waals surface area contributed by atoms with Gasteiger partial charge in [0.15, 0.2) is 0 Å². The zero-order valence-corrected chi connectivity index (χ0v) is 11.4. The predicted octanol–water partition coefficient (Wildman–Crippen LogP) is 3.39. The Hall–Kier alpha value is -0.980. The molecule has 1 fully saturated rings. The second kappa shape index (κ2) is 4.95. The molecule has 2 aliphatic heterocycles. The van der Waals surface area contributed by atoms with E-state index in [1.165, 1.54) is 29.7 Å². The predicted molar refractivity (Wildman–Crippen MR) is 74.5 cm³/mol. The van der Waals surface area contributed by atoms with Gasteiger partial charge in [-0.1, -0.05) is 24.6 Å². The lowest BCUT2D eigenvalue weighted by atomic mass is 9.84. The molecule has 0 amide bonds. The summed E-state index contributed by atoms with van der Waals surface area (Å²) >= 11 is 1.89. The van der Waals surface area contributed by atoms with Gasteiger partial charge in [0.25, 0.3) is 0 Å². The van der Waals surface area contributed by atoms with Gasteiger partial charge in [0.2, 0.25) is 0 Å². The molecule has 18 heavy (non-hydrogen) atoms. The van der Waals surface area contributed by atoms with Gasteiger partial charge in [0, 0.05) is 16.2 Å². The number of nitriles is 1. The standard InChI is InChI=1S/C15H18N2S/c16-12-15(17-9-4-1-5-10-17)8-11-18-14-7-3-2-6-13(14)15/h2-3,6-7H,1,4-5,8-11H2. The molecule has 0 aromatic heterocycles. The summed E-state index contributed by atoms with van der Waals surface area (Å²) in [7, 11) is 0. The SMILES string of the molecule is N#CC1(N2CCCCC2)CCSc2ccccc21. The van der Waals surface area contributed by atoms with Crippen LogP contribution in [0.3, 0.4) is 0 Å². The molecule has 1 atom stereocenters. The molecule has 0 N–H and O–H groups in total. The second-order valence-corrected chi connectivity index (χ2v) is 6.25. The summed E-state index contributed by atoms with van der Waals surface area (Å²) in [5, 5.41) is 9.84. The van der Waals surface area contributed by atoms with Crippen LogP contribution >= 0.6 is 11.8 Å². The number of thioether (sulfide) groups is 1. The molecule has 3 rings (SSSR count). The molecular weight excluding hydrogens is 240 g/mol. The van der Waals surface area contributed by atoms with Gasteiger partial charge in [-0.15, -0.1) is 11.8 Å². The third kappa shape index (κ3) is 1.84. The van der Waals surface area contributed by atoms with Crippen LogP contribution in [-0.4, -0.2) is 23.7 Å². The number of fused-ring (bicyclic) bond motifs is 1.